The van der Waals surface area contributed by atoms with E-state index in [0.717, 1.165) is 72.2 Å². The number of ether oxygens (including phenoxy) is 11. The molecule has 11 rings (SSSR count). The third-order valence-corrected chi connectivity index (χ3v) is 22.9. The molecule has 1 spiro atoms. The molecule has 11 unspecified atom stereocenters. The van der Waals surface area contributed by atoms with Gasteiger partial charge in [0.05, 0.1) is 86.6 Å². The Labute approximate surface area is 401 Å². The van der Waals surface area contributed by atoms with Crippen LogP contribution in [0.1, 0.15) is 112 Å². The van der Waals surface area contributed by atoms with Crippen LogP contribution in [-0.2, 0) is 61.3 Å². The molecule has 11 aliphatic heterocycles. The maximum atomic E-state index is 14.4. The molecule has 12 bridgehead atoms. The smallest absolute Gasteiger partial charge is 0.308 e. The summed E-state index contributed by atoms with van der Waals surface area (Å²) in [7, 11) is -1.93. The zero-order valence-electron chi connectivity index (χ0n) is 39.4. The predicted molar refractivity (Wildman–Crippen MR) is 251 cm³/mol. The van der Waals surface area contributed by atoms with Gasteiger partial charge in [0, 0.05) is 29.6 Å². The number of carbonyl (C=O) groups excluding carboxylic acids is 1. The standard InChI is InChI=1S/C50H75IO13Si/c1-9-19-53-50-26-49-18-17-33-21-28(6)34(54-33)15-13-31-20-27(5)29(7)36(55-31)23-38-43(30(8)42-39(57-38)24-37(40(25-51)59-42)64-65(10-2,11-3)12-4)60-41(52)22-32-14-16-35-44(56-32)45(61-49)46(62-50)47(58-35)48(50)63-49/h9,27,30-40,42-48H,1,6-7,10-26H2,2-5,8H3/t27-,30+,31?,32?,33?,34?,35?,36?,37-,38+,39+,40-,42+,43?,44+,45?,46?,47-,48?,49-,50?/m1/s1. The highest BCUT2D eigenvalue weighted by atomic mass is 127. The fourth-order valence-electron chi connectivity index (χ4n) is 13.5. The number of halogens is 1. The lowest BCUT2D eigenvalue weighted by molar-refractivity contribution is -0.305. The summed E-state index contributed by atoms with van der Waals surface area (Å²) in [6.07, 6.45) is 4.70. The molecule has 11 saturated heterocycles. The van der Waals surface area contributed by atoms with E-state index in [0.29, 0.717) is 38.7 Å². The van der Waals surface area contributed by atoms with Gasteiger partial charge in [-0.25, -0.2) is 0 Å². The summed E-state index contributed by atoms with van der Waals surface area (Å²) >= 11 is 2.44. The zero-order chi connectivity index (χ0) is 45.4. The number of rotatable bonds is 9. The molecule has 11 heterocycles. The molecular weight excluding hydrogens is 964 g/mol. The maximum absolute atomic E-state index is 14.4. The molecule has 65 heavy (non-hydrogen) atoms. The Morgan fingerprint density at radius 2 is 1.48 bits per heavy atom. The van der Waals surface area contributed by atoms with Crippen molar-refractivity contribution in [3.63, 3.8) is 0 Å². The summed E-state index contributed by atoms with van der Waals surface area (Å²) in [5.74, 6) is -2.22. The molecule has 15 heteroatoms. The van der Waals surface area contributed by atoms with E-state index in [1.807, 2.05) is 0 Å². The van der Waals surface area contributed by atoms with Crippen molar-refractivity contribution < 1.29 is 61.3 Å². The first-order valence-corrected chi connectivity index (χ1v) is 29.4. The van der Waals surface area contributed by atoms with Crippen LogP contribution in [-0.4, -0.2) is 141 Å². The minimum atomic E-state index is -1.93. The summed E-state index contributed by atoms with van der Waals surface area (Å²) in [5, 5.41) is 0. The van der Waals surface area contributed by atoms with Crippen molar-refractivity contribution in [3.05, 3.63) is 37.0 Å². The van der Waals surface area contributed by atoms with Crippen molar-refractivity contribution in [2.45, 2.75) is 245 Å². The van der Waals surface area contributed by atoms with Crippen LogP contribution in [0, 0.1) is 11.8 Å². The molecule has 0 amide bonds. The molecule has 21 atom stereocenters. The number of fused-ring (bicyclic) bond motifs is 7. The average molecular weight is 1040 g/mol. The lowest BCUT2D eigenvalue weighted by atomic mass is 9.79. The highest BCUT2D eigenvalue weighted by molar-refractivity contribution is 14.1. The minimum absolute atomic E-state index is 0.0149. The number of hydrogen-bond donors (Lipinski definition) is 0. The number of hydrogen-bond acceptors (Lipinski definition) is 13. The van der Waals surface area contributed by atoms with Gasteiger partial charge in [0.15, 0.2) is 14.1 Å². The van der Waals surface area contributed by atoms with Crippen molar-refractivity contribution in [3.8, 4) is 0 Å². The van der Waals surface area contributed by atoms with E-state index in [-0.39, 0.29) is 85.3 Å². The SMILES string of the molecule is C=CCOC12C[C@]34CCC5CC(=C)C(CCC6C[C@@H](C)C(=C)C(C[C@@H]7O[C@H]8C[C@@H](O[Si](CC)(CC)CC)[C@@H](CI)O[C@H]8[C@H](C)C7OC(=O)CC7CCC8O[C@H](C(O1)C(O3)[C@H]8O7)C2O4)O6)O5. The molecule has 13 nitrogen and oxygen atoms in total. The molecule has 0 aromatic carbocycles. The van der Waals surface area contributed by atoms with E-state index < -0.39 is 62.6 Å². The van der Waals surface area contributed by atoms with Gasteiger partial charge in [-0.05, 0) is 80.1 Å². The molecule has 11 aliphatic rings. The third kappa shape index (κ3) is 8.89. The number of esters is 1. The van der Waals surface area contributed by atoms with Crippen LogP contribution in [0.25, 0.3) is 0 Å². The van der Waals surface area contributed by atoms with Crippen molar-refractivity contribution in [2.75, 3.05) is 11.0 Å². The van der Waals surface area contributed by atoms with Crippen molar-refractivity contribution in [2.24, 2.45) is 11.8 Å². The van der Waals surface area contributed by atoms with E-state index in [1.54, 1.807) is 6.08 Å². The van der Waals surface area contributed by atoms with Crippen LogP contribution in [0.4, 0.5) is 0 Å². The Balaban J connectivity index is 0.937. The molecule has 0 radical (unpaired) electrons. The fraction of sp³-hybridized carbons (Fsp3) is 0.860. The number of carbonyl (C=O) groups is 1. The quantitative estimate of drug-likeness (QED) is 0.0725. The molecule has 364 valence electrons. The molecular formula is C50H75IO13Si. The normalized spacial score (nSPS) is 49.7. The summed E-state index contributed by atoms with van der Waals surface area (Å²) in [6, 6.07) is 3.21. The molecule has 0 aliphatic carbocycles. The largest absolute Gasteiger partial charge is 0.459 e. The van der Waals surface area contributed by atoms with Crippen LogP contribution in [0.5, 0.6) is 0 Å². The Hall–Kier alpha value is -0.803. The van der Waals surface area contributed by atoms with Gasteiger partial charge in [0.2, 0.25) is 5.79 Å². The van der Waals surface area contributed by atoms with Gasteiger partial charge in [-0.3, -0.25) is 4.79 Å². The first-order chi connectivity index (χ1) is 31.3. The Morgan fingerprint density at radius 1 is 0.738 bits per heavy atom. The van der Waals surface area contributed by atoms with Gasteiger partial charge in [-0.2, -0.15) is 0 Å². The van der Waals surface area contributed by atoms with Crippen LogP contribution in [0.3, 0.4) is 0 Å². The van der Waals surface area contributed by atoms with Gasteiger partial charge < -0.3 is 56.5 Å². The Bertz CT molecular complexity index is 1770. The highest BCUT2D eigenvalue weighted by Gasteiger charge is 2.75. The van der Waals surface area contributed by atoms with Crippen molar-refractivity contribution in [1.29, 1.82) is 0 Å². The Morgan fingerprint density at radius 3 is 2.25 bits per heavy atom. The lowest BCUT2D eigenvalue weighted by Gasteiger charge is -2.52. The van der Waals surface area contributed by atoms with E-state index >= 15 is 0 Å². The van der Waals surface area contributed by atoms with Gasteiger partial charge in [0.1, 0.15) is 36.6 Å². The molecule has 0 aromatic heterocycles. The van der Waals surface area contributed by atoms with E-state index in [1.165, 1.54) is 0 Å². The van der Waals surface area contributed by atoms with E-state index in [9.17, 15) is 4.79 Å². The van der Waals surface area contributed by atoms with Crippen molar-refractivity contribution >= 4 is 36.9 Å². The zero-order valence-corrected chi connectivity index (χ0v) is 42.5. The monoisotopic (exact) mass is 1040 g/mol. The van der Waals surface area contributed by atoms with E-state index in [4.69, 9.17) is 56.5 Å². The summed E-state index contributed by atoms with van der Waals surface area (Å²) in [6.45, 7) is 24.6. The second kappa shape index (κ2) is 19.1. The van der Waals surface area contributed by atoms with Gasteiger partial charge in [0.25, 0.3) is 0 Å². The summed E-state index contributed by atoms with van der Waals surface area (Å²) in [4.78, 5) is 14.4. The first-order valence-electron chi connectivity index (χ1n) is 25.3. The minimum Gasteiger partial charge on any atom is -0.459 e. The number of alkyl halides is 1. The highest BCUT2D eigenvalue weighted by Crippen LogP contribution is 2.59. The predicted octanol–water partition coefficient (Wildman–Crippen LogP) is 8.20. The van der Waals surface area contributed by atoms with Crippen LogP contribution in [0.15, 0.2) is 37.0 Å². The van der Waals surface area contributed by atoms with Crippen LogP contribution in [0.2, 0.25) is 18.1 Å². The van der Waals surface area contributed by atoms with Crippen LogP contribution < -0.4 is 0 Å². The topological polar surface area (TPSA) is 128 Å². The third-order valence-electron chi connectivity index (χ3n) is 17.4. The van der Waals surface area contributed by atoms with Gasteiger partial charge in [-0.15, -0.1) is 6.58 Å². The second-order valence-electron chi connectivity index (χ2n) is 21.2. The summed E-state index contributed by atoms with van der Waals surface area (Å²) < 4.78 is 83.8. The lowest BCUT2D eigenvalue weighted by Crippen LogP contribution is -2.63. The Kier molecular flexibility index (Phi) is 14.0. The maximum Gasteiger partial charge on any atom is 0.308 e. The first kappa shape index (κ1) is 47.9. The average Bonchev–Trinajstić information content (AvgIpc) is 3.85. The summed E-state index contributed by atoms with van der Waals surface area (Å²) in [5.41, 5.74) is 2.19. The van der Waals surface area contributed by atoms with E-state index in [2.05, 4.69) is 76.9 Å². The van der Waals surface area contributed by atoms with Crippen molar-refractivity contribution in [1.82, 2.24) is 0 Å². The van der Waals surface area contributed by atoms with Gasteiger partial charge in [-0.1, -0.05) is 76.4 Å². The molecule has 0 aromatic rings. The molecule has 0 saturated carbocycles. The molecule has 0 N–H and O–H groups in total. The van der Waals surface area contributed by atoms with Crippen LogP contribution >= 0.6 is 22.6 Å². The van der Waals surface area contributed by atoms with Gasteiger partial charge >= 0.3 is 5.97 Å². The fourth-order valence-corrected chi connectivity index (χ4v) is 17.2. The molecule has 11 fully saturated rings. The second-order valence-corrected chi connectivity index (χ2v) is 26.8.